The zero-order chi connectivity index (χ0) is 16.8. The van der Waals surface area contributed by atoms with E-state index in [4.69, 9.17) is 4.74 Å². The Kier molecular flexibility index (Phi) is 9.66. The Labute approximate surface area is 168 Å². The Bertz CT molecular complexity index is 647. The molecule has 0 amide bonds. The van der Waals surface area contributed by atoms with E-state index < -0.39 is 0 Å². The van der Waals surface area contributed by atoms with E-state index in [1.807, 2.05) is 48.5 Å². The third-order valence-electron chi connectivity index (χ3n) is 4.45. The summed E-state index contributed by atoms with van der Waals surface area (Å²) >= 11 is 0. The van der Waals surface area contributed by atoms with Crippen LogP contribution in [0.1, 0.15) is 22.0 Å². The molecule has 0 bridgehead atoms. The number of benzene rings is 2. The molecule has 0 spiro atoms. The van der Waals surface area contributed by atoms with Gasteiger partial charge in [0.15, 0.2) is 0 Å². The normalized spacial score (nSPS) is 16.0. The lowest BCUT2D eigenvalue weighted by Gasteiger charge is -2.34. The Morgan fingerprint density at radius 3 is 2.04 bits per heavy atom. The second-order valence-corrected chi connectivity index (χ2v) is 6.27. The number of piperazine rings is 1. The third kappa shape index (κ3) is 6.29. The van der Waals surface area contributed by atoms with Crippen LogP contribution in [0.25, 0.3) is 0 Å². The summed E-state index contributed by atoms with van der Waals surface area (Å²) in [5.74, 6) is -0.265. The van der Waals surface area contributed by atoms with Crippen molar-refractivity contribution in [3.63, 3.8) is 0 Å². The number of carbonyl (C=O) groups excluding carboxylic acids is 1. The first-order valence-corrected chi connectivity index (χ1v) is 8.44. The maximum absolute atomic E-state index is 12.5. The van der Waals surface area contributed by atoms with Crippen molar-refractivity contribution in [3.8, 4) is 0 Å². The lowest BCUT2D eigenvalue weighted by molar-refractivity contribution is 0.0147. The van der Waals surface area contributed by atoms with Crippen LogP contribution in [0.5, 0.6) is 0 Å². The van der Waals surface area contributed by atoms with Gasteiger partial charge in [-0.3, -0.25) is 4.90 Å². The first kappa shape index (κ1) is 22.5. The van der Waals surface area contributed by atoms with Crippen LogP contribution in [0.15, 0.2) is 60.7 Å². The SMILES string of the molecule is CN1CCN(CC(OC(=O)c2ccccc2)c2ccccc2)CC1.Cl.Cl. The molecule has 1 fully saturated rings. The molecule has 1 saturated heterocycles. The zero-order valence-electron chi connectivity index (χ0n) is 14.9. The van der Waals surface area contributed by atoms with Crippen molar-refractivity contribution in [1.29, 1.82) is 0 Å². The predicted octanol–water partition coefficient (Wildman–Crippen LogP) is 3.68. The highest BCUT2D eigenvalue weighted by Crippen LogP contribution is 2.21. The fraction of sp³-hybridized carbons (Fsp3) is 0.350. The van der Waals surface area contributed by atoms with Gasteiger partial charge < -0.3 is 9.64 Å². The predicted molar refractivity (Wildman–Crippen MR) is 109 cm³/mol. The van der Waals surface area contributed by atoms with Gasteiger partial charge in [-0.15, -0.1) is 24.8 Å². The second-order valence-electron chi connectivity index (χ2n) is 6.27. The fourth-order valence-electron chi connectivity index (χ4n) is 2.91. The number of likely N-dealkylation sites (N-methyl/N-ethyl adjacent to an activating group) is 1. The smallest absolute Gasteiger partial charge is 0.338 e. The van der Waals surface area contributed by atoms with Gasteiger partial charge in [-0.05, 0) is 24.7 Å². The van der Waals surface area contributed by atoms with Gasteiger partial charge >= 0.3 is 5.97 Å². The van der Waals surface area contributed by atoms with Gasteiger partial charge in [-0.1, -0.05) is 48.5 Å². The van der Waals surface area contributed by atoms with E-state index in [1.165, 1.54) is 0 Å². The molecule has 1 aliphatic heterocycles. The highest BCUT2D eigenvalue weighted by atomic mass is 35.5. The molecule has 142 valence electrons. The highest BCUT2D eigenvalue weighted by molar-refractivity contribution is 5.89. The molecule has 0 radical (unpaired) electrons. The highest BCUT2D eigenvalue weighted by Gasteiger charge is 2.23. The number of nitrogens with zero attached hydrogens (tertiary/aromatic N) is 2. The van der Waals surface area contributed by atoms with E-state index in [2.05, 4.69) is 16.8 Å². The van der Waals surface area contributed by atoms with E-state index in [1.54, 1.807) is 12.1 Å². The molecule has 2 aromatic rings. The van der Waals surface area contributed by atoms with Crippen molar-refractivity contribution in [2.45, 2.75) is 6.10 Å². The fourth-order valence-corrected chi connectivity index (χ4v) is 2.91. The first-order valence-electron chi connectivity index (χ1n) is 8.44. The summed E-state index contributed by atoms with van der Waals surface area (Å²) in [5, 5.41) is 0. The molecule has 1 heterocycles. The summed E-state index contributed by atoms with van der Waals surface area (Å²) in [5.41, 5.74) is 1.64. The molecule has 1 unspecified atom stereocenters. The second kappa shape index (κ2) is 11.2. The van der Waals surface area contributed by atoms with Gasteiger partial charge in [-0.25, -0.2) is 4.79 Å². The van der Waals surface area contributed by atoms with Gasteiger partial charge in [0.25, 0.3) is 0 Å². The molecular weight excluding hydrogens is 371 g/mol. The van der Waals surface area contributed by atoms with Crippen LogP contribution in [-0.4, -0.2) is 55.5 Å². The summed E-state index contributed by atoms with van der Waals surface area (Å²) in [6.07, 6.45) is -0.248. The standard InChI is InChI=1S/C20H24N2O2.2ClH/c1-21-12-14-22(15-13-21)16-19(17-8-4-2-5-9-17)24-20(23)18-10-6-3-7-11-18;;/h2-11,19H,12-16H2,1H3;2*1H. The van der Waals surface area contributed by atoms with Crippen molar-refractivity contribution in [2.75, 3.05) is 39.8 Å². The molecule has 3 rings (SSSR count). The van der Waals surface area contributed by atoms with Crippen LogP contribution in [0, 0.1) is 0 Å². The van der Waals surface area contributed by atoms with E-state index in [0.29, 0.717) is 5.56 Å². The van der Waals surface area contributed by atoms with Crippen molar-refractivity contribution in [3.05, 3.63) is 71.8 Å². The lowest BCUT2D eigenvalue weighted by atomic mass is 10.1. The van der Waals surface area contributed by atoms with Crippen LogP contribution in [-0.2, 0) is 4.74 Å². The van der Waals surface area contributed by atoms with E-state index in [0.717, 1.165) is 38.3 Å². The number of carbonyl (C=O) groups is 1. The third-order valence-corrected chi connectivity index (χ3v) is 4.45. The van der Waals surface area contributed by atoms with Gasteiger partial charge in [0.1, 0.15) is 6.10 Å². The Morgan fingerprint density at radius 2 is 1.46 bits per heavy atom. The number of ether oxygens (including phenoxy) is 1. The molecule has 1 atom stereocenters. The quantitative estimate of drug-likeness (QED) is 0.721. The van der Waals surface area contributed by atoms with Gasteiger partial charge in [0.05, 0.1) is 5.56 Å². The van der Waals surface area contributed by atoms with Crippen molar-refractivity contribution >= 4 is 30.8 Å². The lowest BCUT2D eigenvalue weighted by Crippen LogP contribution is -2.46. The summed E-state index contributed by atoms with van der Waals surface area (Å²) in [4.78, 5) is 17.2. The van der Waals surface area contributed by atoms with Crippen LogP contribution in [0.3, 0.4) is 0 Å². The van der Waals surface area contributed by atoms with Crippen LogP contribution >= 0.6 is 24.8 Å². The molecular formula is C20H26Cl2N2O2. The molecule has 26 heavy (non-hydrogen) atoms. The van der Waals surface area contributed by atoms with Gasteiger partial charge in [-0.2, -0.15) is 0 Å². The molecule has 0 aliphatic carbocycles. The van der Waals surface area contributed by atoms with Crippen molar-refractivity contribution in [1.82, 2.24) is 9.80 Å². The largest absolute Gasteiger partial charge is 0.453 e. The van der Waals surface area contributed by atoms with Crippen LogP contribution in [0.2, 0.25) is 0 Å². The van der Waals surface area contributed by atoms with Crippen molar-refractivity contribution < 1.29 is 9.53 Å². The number of esters is 1. The molecule has 2 aromatic carbocycles. The van der Waals surface area contributed by atoms with E-state index >= 15 is 0 Å². The average molecular weight is 397 g/mol. The maximum atomic E-state index is 12.5. The summed E-state index contributed by atoms with van der Waals surface area (Å²) in [6.45, 7) is 4.84. The Balaban J connectivity index is 0.00000169. The zero-order valence-corrected chi connectivity index (χ0v) is 16.5. The molecule has 0 aromatic heterocycles. The Hall–Kier alpha value is -1.59. The topological polar surface area (TPSA) is 32.8 Å². The maximum Gasteiger partial charge on any atom is 0.338 e. The average Bonchev–Trinajstić information content (AvgIpc) is 2.64. The minimum atomic E-state index is -0.265. The Morgan fingerprint density at radius 1 is 0.923 bits per heavy atom. The number of hydrogen-bond donors (Lipinski definition) is 0. The van der Waals surface area contributed by atoms with Gasteiger partial charge in [0.2, 0.25) is 0 Å². The monoisotopic (exact) mass is 396 g/mol. The van der Waals surface area contributed by atoms with E-state index in [9.17, 15) is 4.79 Å². The number of halogens is 2. The summed E-state index contributed by atoms with van der Waals surface area (Å²) in [6, 6.07) is 19.2. The minimum Gasteiger partial charge on any atom is -0.453 e. The molecule has 0 N–H and O–H groups in total. The summed E-state index contributed by atoms with van der Waals surface area (Å²) in [7, 11) is 2.14. The van der Waals surface area contributed by atoms with E-state index in [-0.39, 0.29) is 36.9 Å². The number of rotatable bonds is 5. The molecule has 1 aliphatic rings. The van der Waals surface area contributed by atoms with Gasteiger partial charge in [0, 0.05) is 32.7 Å². The van der Waals surface area contributed by atoms with Crippen LogP contribution < -0.4 is 0 Å². The number of hydrogen-bond acceptors (Lipinski definition) is 4. The molecule has 6 heteroatoms. The first-order chi connectivity index (χ1) is 11.7. The van der Waals surface area contributed by atoms with Crippen molar-refractivity contribution in [2.24, 2.45) is 0 Å². The van der Waals surface area contributed by atoms with Crippen LogP contribution in [0.4, 0.5) is 0 Å². The molecule has 4 nitrogen and oxygen atoms in total. The minimum absolute atomic E-state index is 0. The molecule has 0 saturated carbocycles. The summed E-state index contributed by atoms with van der Waals surface area (Å²) < 4.78 is 5.86.